The average molecular weight is 413 g/mol. The third kappa shape index (κ3) is 6.04. The Balaban J connectivity index is 2.23. The number of nitrogens with one attached hydrogen (secondary N) is 2. The lowest BCUT2D eigenvalue weighted by Gasteiger charge is -2.24. The second-order valence-corrected chi connectivity index (χ2v) is 8.95. The van der Waals surface area contributed by atoms with Gasteiger partial charge in [0.1, 0.15) is 22.3 Å². The highest BCUT2D eigenvalue weighted by molar-refractivity contribution is 7.17. The van der Waals surface area contributed by atoms with Gasteiger partial charge in [-0.05, 0) is 62.6 Å². The third-order valence-electron chi connectivity index (χ3n) is 3.55. The van der Waals surface area contributed by atoms with Gasteiger partial charge in [0.05, 0.1) is 5.39 Å². The van der Waals surface area contributed by atoms with Crippen molar-refractivity contribution in [1.29, 1.82) is 0 Å². The molecule has 2 N–H and O–H groups in total. The molecule has 2 amide bonds. The molecule has 2 aromatic rings. The monoisotopic (exact) mass is 412 g/mol. The zero-order chi connectivity index (χ0) is 20.4. The van der Waals surface area contributed by atoms with Gasteiger partial charge in [0, 0.05) is 0 Å². The van der Waals surface area contributed by atoms with Gasteiger partial charge in [-0.15, -0.1) is 11.3 Å². The van der Waals surface area contributed by atoms with E-state index < -0.39 is 17.7 Å². The highest BCUT2D eigenvalue weighted by Gasteiger charge is 2.26. The lowest BCUT2D eigenvalue weighted by atomic mass is 10.0. The number of hydrogen-bond donors (Lipinski definition) is 2. The van der Waals surface area contributed by atoms with Crippen LogP contribution in [0.3, 0.4) is 0 Å². The molecular weight excluding hydrogens is 388 g/mol. The van der Waals surface area contributed by atoms with Gasteiger partial charge in [-0.2, -0.15) is 4.98 Å². The van der Waals surface area contributed by atoms with Crippen LogP contribution in [0.4, 0.5) is 10.6 Å². The van der Waals surface area contributed by atoms with Crippen LogP contribution in [0.2, 0.25) is 5.28 Å². The maximum absolute atomic E-state index is 12.9. The summed E-state index contributed by atoms with van der Waals surface area (Å²) in [6, 6.07) is -0.761. The van der Waals surface area contributed by atoms with E-state index >= 15 is 0 Å². The fourth-order valence-electron chi connectivity index (χ4n) is 2.50. The number of ether oxygens (including phenoxy) is 1. The summed E-state index contributed by atoms with van der Waals surface area (Å²) in [5.74, 6) is 0.150. The Morgan fingerprint density at radius 2 is 1.96 bits per heavy atom. The first-order chi connectivity index (χ1) is 12.5. The third-order valence-corrected chi connectivity index (χ3v) is 4.71. The Labute approximate surface area is 167 Å². The summed E-state index contributed by atoms with van der Waals surface area (Å²) in [4.78, 5) is 34.0. The smallest absolute Gasteiger partial charge is 0.408 e. The highest BCUT2D eigenvalue weighted by atomic mass is 35.5. The van der Waals surface area contributed by atoms with Crippen LogP contribution >= 0.6 is 22.9 Å². The van der Waals surface area contributed by atoms with Crippen LogP contribution in [0.25, 0.3) is 10.2 Å². The number of hydrogen-bond acceptors (Lipinski definition) is 6. The molecule has 0 aliphatic carbocycles. The zero-order valence-corrected chi connectivity index (χ0v) is 17.9. The van der Waals surface area contributed by atoms with E-state index in [0.717, 1.165) is 10.9 Å². The lowest BCUT2D eigenvalue weighted by molar-refractivity contribution is -0.118. The van der Waals surface area contributed by atoms with E-state index in [1.807, 2.05) is 26.2 Å². The molecule has 1 unspecified atom stereocenters. The number of rotatable bonds is 5. The van der Waals surface area contributed by atoms with Crippen molar-refractivity contribution in [2.24, 2.45) is 5.92 Å². The summed E-state index contributed by atoms with van der Waals surface area (Å²) in [6.07, 6.45) is -0.184. The maximum Gasteiger partial charge on any atom is 0.408 e. The van der Waals surface area contributed by atoms with Gasteiger partial charge in [0.2, 0.25) is 11.2 Å². The number of thiophene rings is 1. The Morgan fingerprint density at radius 3 is 2.56 bits per heavy atom. The van der Waals surface area contributed by atoms with E-state index in [2.05, 4.69) is 20.6 Å². The number of fused-ring (bicyclic) bond motifs is 1. The average Bonchev–Trinajstić information content (AvgIpc) is 2.85. The molecule has 2 aromatic heterocycles. The van der Waals surface area contributed by atoms with Crippen molar-refractivity contribution < 1.29 is 14.3 Å². The molecule has 2 heterocycles. The minimum Gasteiger partial charge on any atom is -0.444 e. The number of aromatic nitrogens is 2. The number of aryl methyl sites for hydroxylation is 1. The van der Waals surface area contributed by atoms with E-state index in [9.17, 15) is 9.59 Å². The number of amides is 2. The van der Waals surface area contributed by atoms with Crippen molar-refractivity contribution in [2.75, 3.05) is 5.32 Å². The van der Waals surface area contributed by atoms with Crippen LogP contribution in [0.15, 0.2) is 5.38 Å². The van der Waals surface area contributed by atoms with Crippen LogP contribution in [0.5, 0.6) is 0 Å². The van der Waals surface area contributed by atoms with Crippen molar-refractivity contribution in [3.8, 4) is 0 Å². The SMILES string of the molecule is Cc1csc2nc(Cl)nc(NC(=O)C(CC(C)C)NC(=O)OC(C)(C)C)c12. The number of carbonyl (C=O) groups is 2. The molecule has 7 nitrogen and oxygen atoms in total. The second-order valence-electron chi connectivity index (χ2n) is 7.76. The van der Waals surface area contributed by atoms with Crippen LogP contribution in [-0.2, 0) is 9.53 Å². The molecule has 0 radical (unpaired) electrons. The van der Waals surface area contributed by atoms with Crippen LogP contribution in [0, 0.1) is 12.8 Å². The standard InChI is InChI=1S/C18H25ClN4O3S/c1-9(2)7-11(20-17(25)26-18(4,5)6)14(24)21-13-12-10(3)8-27-15(12)23-16(19)22-13/h8-9,11H,7H2,1-6H3,(H,20,25)(H,21,22,23,24). The first-order valence-electron chi connectivity index (χ1n) is 8.68. The molecular formula is C18H25ClN4O3S. The fraction of sp³-hybridized carbons (Fsp3) is 0.556. The van der Waals surface area contributed by atoms with Crippen LogP contribution in [-0.4, -0.2) is 33.6 Å². The van der Waals surface area contributed by atoms with E-state index in [1.54, 1.807) is 20.8 Å². The fourth-order valence-corrected chi connectivity index (χ4v) is 3.65. The minimum absolute atomic E-state index is 0.0557. The van der Waals surface area contributed by atoms with Gasteiger partial charge >= 0.3 is 6.09 Å². The molecule has 0 bridgehead atoms. The van der Waals surface area contributed by atoms with E-state index in [-0.39, 0.29) is 17.1 Å². The first kappa shape index (κ1) is 21.4. The summed E-state index contributed by atoms with van der Waals surface area (Å²) in [6.45, 7) is 11.2. The molecule has 9 heteroatoms. The molecule has 0 aliphatic rings. The Hall–Kier alpha value is -1.93. The summed E-state index contributed by atoms with van der Waals surface area (Å²) in [7, 11) is 0. The molecule has 148 valence electrons. The van der Waals surface area contributed by atoms with Gasteiger partial charge in [-0.3, -0.25) is 4.79 Å². The maximum atomic E-state index is 12.9. The van der Waals surface area contributed by atoms with E-state index in [4.69, 9.17) is 16.3 Å². The van der Waals surface area contributed by atoms with Crippen LogP contribution < -0.4 is 10.6 Å². The number of alkyl carbamates (subject to hydrolysis) is 1. The minimum atomic E-state index is -0.761. The number of anilines is 1. The van der Waals surface area contributed by atoms with Gasteiger partial charge in [0.15, 0.2) is 0 Å². The quantitative estimate of drug-likeness (QED) is 0.703. The largest absolute Gasteiger partial charge is 0.444 e. The molecule has 0 fully saturated rings. The Bertz CT molecular complexity index is 845. The molecule has 0 saturated heterocycles. The molecule has 2 rings (SSSR count). The Kier molecular flexibility index (Phi) is 6.64. The van der Waals surface area contributed by atoms with Gasteiger partial charge < -0.3 is 15.4 Å². The normalized spacial score (nSPS) is 12.9. The van der Waals surface area contributed by atoms with E-state index in [0.29, 0.717) is 17.1 Å². The first-order valence-corrected chi connectivity index (χ1v) is 9.93. The molecule has 0 spiro atoms. The highest BCUT2D eigenvalue weighted by Crippen LogP contribution is 2.30. The van der Waals surface area contributed by atoms with Crippen molar-refractivity contribution in [3.05, 3.63) is 16.2 Å². The van der Waals surface area contributed by atoms with Gasteiger partial charge in [-0.1, -0.05) is 13.8 Å². The lowest BCUT2D eigenvalue weighted by Crippen LogP contribution is -2.46. The van der Waals surface area contributed by atoms with Gasteiger partial charge in [0.25, 0.3) is 0 Å². The predicted molar refractivity (Wildman–Crippen MR) is 108 cm³/mol. The summed E-state index contributed by atoms with van der Waals surface area (Å²) < 4.78 is 5.27. The van der Waals surface area contributed by atoms with E-state index in [1.165, 1.54) is 11.3 Å². The Morgan fingerprint density at radius 1 is 1.30 bits per heavy atom. The second kappa shape index (κ2) is 8.39. The van der Waals surface area contributed by atoms with Crippen molar-refractivity contribution in [1.82, 2.24) is 15.3 Å². The van der Waals surface area contributed by atoms with Crippen molar-refractivity contribution in [2.45, 2.75) is 59.6 Å². The summed E-state index contributed by atoms with van der Waals surface area (Å²) in [5, 5.41) is 8.17. The van der Waals surface area contributed by atoms with Crippen LogP contribution in [0.1, 0.15) is 46.6 Å². The van der Waals surface area contributed by atoms with Crippen molar-refractivity contribution >= 4 is 51.0 Å². The topological polar surface area (TPSA) is 93.2 Å². The number of halogens is 1. The molecule has 0 saturated carbocycles. The van der Waals surface area contributed by atoms with Crippen molar-refractivity contribution in [3.63, 3.8) is 0 Å². The molecule has 1 atom stereocenters. The molecule has 0 aromatic carbocycles. The summed E-state index contributed by atoms with van der Waals surface area (Å²) >= 11 is 7.41. The summed E-state index contributed by atoms with van der Waals surface area (Å²) in [5.41, 5.74) is 0.297. The number of nitrogens with zero attached hydrogens (tertiary/aromatic N) is 2. The predicted octanol–water partition coefficient (Wildman–Crippen LogP) is 4.53. The molecule has 27 heavy (non-hydrogen) atoms. The van der Waals surface area contributed by atoms with Gasteiger partial charge in [-0.25, -0.2) is 9.78 Å². The number of carbonyl (C=O) groups excluding carboxylic acids is 2. The molecule has 0 aliphatic heterocycles. The zero-order valence-electron chi connectivity index (χ0n) is 16.3.